The van der Waals surface area contributed by atoms with Crippen LogP contribution in [0, 0.1) is 0 Å². The first kappa shape index (κ1) is 26.3. The number of carbonyl (C=O) groups is 3. The molecule has 1 aromatic heterocycles. The second-order valence-electron chi connectivity index (χ2n) is 10.9. The van der Waals surface area contributed by atoms with E-state index in [9.17, 15) is 14.4 Å². The number of fused-ring (bicyclic) bond motifs is 2. The second-order valence-corrected chi connectivity index (χ2v) is 10.9. The largest absolute Gasteiger partial charge is 0.456 e. The van der Waals surface area contributed by atoms with Crippen LogP contribution in [0.3, 0.4) is 0 Å². The van der Waals surface area contributed by atoms with E-state index in [-0.39, 0.29) is 23.2 Å². The summed E-state index contributed by atoms with van der Waals surface area (Å²) in [7, 11) is 0. The molecule has 0 saturated carbocycles. The number of aromatic nitrogens is 2. The third-order valence-corrected chi connectivity index (χ3v) is 6.80. The number of rotatable bonds is 7. The minimum atomic E-state index is -0.590. The van der Waals surface area contributed by atoms with Crippen LogP contribution < -0.4 is 0 Å². The summed E-state index contributed by atoms with van der Waals surface area (Å²) >= 11 is 0. The Hall–Kier alpha value is -4.32. The van der Waals surface area contributed by atoms with Crippen LogP contribution in [0.4, 0.5) is 0 Å². The Morgan fingerprint density at radius 1 is 0.846 bits per heavy atom. The second kappa shape index (κ2) is 10.4. The van der Waals surface area contributed by atoms with Crippen molar-refractivity contribution in [2.24, 2.45) is 0 Å². The van der Waals surface area contributed by atoms with E-state index in [2.05, 4.69) is 11.9 Å². The molecule has 198 valence electrons. The predicted octanol–water partition coefficient (Wildman–Crippen LogP) is 6.67. The number of hydrogen-bond donors (Lipinski definition) is 0. The first-order valence-corrected chi connectivity index (χ1v) is 13.4. The summed E-state index contributed by atoms with van der Waals surface area (Å²) in [4.78, 5) is 44.3. The minimum Gasteiger partial charge on any atom is -0.456 e. The van der Waals surface area contributed by atoms with E-state index in [4.69, 9.17) is 4.74 Å². The molecule has 5 rings (SSSR count). The van der Waals surface area contributed by atoms with Crippen LogP contribution in [0.1, 0.15) is 94.4 Å². The van der Waals surface area contributed by atoms with Gasteiger partial charge in [0.05, 0.1) is 5.56 Å². The average Bonchev–Trinajstić information content (AvgIpc) is 3.28. The number of ketones is 2. The summed E-state index contributed by atoms with van der Waals surface area (Å²) < 4.78 is 7.52. The van der Waals surface area contributed by atoms with E-state index in [0.717, 1.165) is 35.4 Å². The minimum absolute atomic E-state index is 0.168. The highest BCUT2D eigenvalue weighted by atomic mass is 16.6. The molecule has 0 saturated heterocycles. The van der Waals surface area contributed by atoms with E-state index >= 15 is 0 Å². The van der Waals surface area contributed by atoms with E-state index in [0.29, 0.717) is 35.3 Å². The van der Waals surface area contributed by atoms with Gasteiger partial charge in [-0.3, -0.25) is 9.59 Å². The maximum atomic E-state index is 13.5. The van der Waals surface area contributed by atoms with Crippen LogP contribution in [0.5, 0.6) is 0 Å². The summed E-state index contributed by atoms with van der Waals surface area (Å²) in [6.45, 7) is 8.07. The molecule has 0 unspecified atom stereocenters. The Labute approximate surface area is 228 Å². The van der Waals surface area contributed by atoms with Crippen molar-refractivity contribution >= 4 is 17.5 Å². The molecule has 0 N–H and O–H groups in total. The van der Waals surface area contributed by atoms with Crippen LogP contribution in [-0.4, -0.2) is 32.7 Å². The average molecular weight is 521 g/mol. The predicted molar refractivity (Wildman–Crippen MR) is 150 cm³/mol. The molecule has 1 aliphatic rings. The number of nitrogens with zero attached hydrogens (tertiary/aromatic N) is 2. The van der Waals surface area contributed by atoms with Gasteiger partial charge in [0.25, 0.3) is 0 Å². The fourth-order valence-corrected chi connectivity index (χ4v) is 4.94. The van der Waals surface area contributed by atoms with E-state index in [1.807, 2.05) is 67.8 Å². The van der Waals surface area contributed by atoms with Gasteiger partial charge in [0, 0.05) is 24.1 Å². The molecule has 4 aromatic rings. The monoisotopic (exact) mass is 520 g/mol. The van der Waals surface area contributed by atoms with E-state index in [1.54, 1.807) is 30.3 Å². The summed E-state index contributed by atoms with van der Waals surface area (Å²) in [6.07, 6.45) is 2.57. The van der Waals surface area contributed by atoms with Crippen molar-refractivity contribution in [3.05, 3.63) is 112 Å². The first-order valence-electron chi connectivity index (χ1n) is 13.4. The molecule has 0 radical (unpaired) electrons. The third-order valence-electron chi connectivity index (χ3n) is 6.80. The Morgan fingerprint density at radius 3 is 2.10 bits per heavy atom. The van der Waals surface area contributed by atoms with Crippen molar-refractivity contribution in [1.82, 2.24) is 9.55 Å². The van der Waals surface area contributed by atoms with Gasteiger partial charge in [-0.2, -0.15) is 0 Å². The zero-order valence-corrected chi connectivity index (χ0v) is 22.8. The SMILES string of the molecule is CCCCc1nc2c(n1Cc1ccc(-c3ccccc3C(=O)OC(C)(C)C)cc1)C(=O)c1ccccc1C2=O. The first-order chi connectivity index (χ1) is 18.7. The summed E-state index contributed by atoms with van der Waals surface area (Å²) in [5, 5.41) is 0. The zero-order chi connectivity index (χ0) is 27.7. The zero-order valence-electron chi connectivity index (χ0n) is 22.8. The smallest absolute Gasteiger partial charge is 0.339 e. The number of esters is 1. The van der Waals surface area contributed by atoms with Crippen molar-refractivity contribution in [1.29, 1.82) is 0 Å². The van der Waals surface area contributed by atoms with E-state index < -0.39 is 5.60 Å². The fourth-order valence-electron chi connectivity index (χ4n) is 4.94. The molecule has 3 aromatic carbocycles. The summed E-state index contributed by atoms with van der Waals surface area (Å²) in [5.74, 6) is 0.0103. The normalized spacial score (nSPS) is 12.7. The van der Waals surface area contributed by atoms with Crippen molar-refractivity contribution < 1.29 is 19.1 Å². The molecule has 0 bridgehead atoms. The van der Waals surface area contributed by atoms with E-state index in [1.165, 1.54) is 0 Å². The van der Waals surface area contributed by atoms with Crippen molar-refractivity contribution in [2.45, 2.75) is 59.1 Å². The number of imidazole rings is 1. The number of unbranched alkanes of at least 4 members (excludes halogenated alkanes) is 1. The maximum Gasteiger partial charge on any atom is 0.339 e. The Balaban J connectivity index is 1.49. The van der Waals surface area contributed by atoms with Crippen LogP contribution in [0.15, 0.2) is 72.8 Å². The maximum absolute atomic E-state index is 13.5. The molecular formula is C33H32N2O4. The quantitative estimate of drug-likeness (QED) is 0.224. The van der Waals surface area contributed by atoms with Crippen molar-refractivity contribution in [2.75, 3.05) is 0 Å². The Kier molecular flexibility index (Phi) is 7.04. The fraction of sp³-hybridized carbons (Fsp3) is 0.273. The summed E-state index contributed by atoms with van der Waals surface area (Å²) in [6, 6.07) is 22.3. The molecule has 39 heavy (non-hydrogen) atoms. The number of hydrogen-bond acceptors (Lipinski definition) is 5. The summed E-state index contributed by atoms with van der Waals surface area (Å²) in [5.41, 5.74) is 4.00. The lowest BCUT2D eigenvalue weighted by Crippen LogP contribution is -2.24. The molecule has 0 fully saturated rings. The van der Waals surface area contributed by atoms with Crippen molar-refractivity contribution in [3.63, 3.8) is 0 Å². The number of ether oxygens (including phenoxy) is 1. The topological polar surface area (TPSA) is 78.3 Å². The van der Waals surface area contributed by atoms with Gasteiger partial charge in [0.1, 0.15) is 22.8 Å². The molecule has 1 aliphatic carbocycles. The van der Waals surface area contributed by atoms with Crippen molar-refractivity contribution in [3.8, 4) is 11.1 Å². The third kappa shape index (κ3) is 5.19. The number of aryl methyl sites for hydroxylation is 1. The van der Waals surface area contributed by atoms with Crippen LogP contribution >= 0.6 is 0 Å². The molecular weight excluding hydrogens is 488 g/mol. The van der Waals surface area contributed by atoms with Crippen LogP contribution in [0.25, 0.3) is 11.1 Å². The highest BCUT2D eigenvalue weighted by Crippen LogP contribution is 2.30. The lowest BCUT2D eigenvalue weighted by molar-refractivity contribution is 0.00702. The molecule has 0 spiro atoms. The highest BCUT2D eigenvalue weighted by molar-refractivity contribution is 6.27. The van der Waals surface area contributed by atoms with Gasteiger partial charge >= 0.3 is 5.97 Å². The van der Waals surface area contributed by atoms with Crippen LogP contribution in [0.2, 0.25) is 0 Å². The molecule has 6 heteroatoms. The molecule has 0 amide bonds. The molecule has 6 nitrogen and oxygen atoms in total. The van der Waals surface area contributed by atoms with Crippen LogP contribution in [-0.2, 0) is 17.7 Å². The van der Waals surface area contributed by atoms with Gasteiger partial charge in [-0.15, -0.1) is 0 Å². The van der Waals surface area contributed by atoms with Gasteiger partial charge < -0.3 is 9.30 Å². The lowest BCUT2D eigenvalue weighted by atomic mass is 9.90. The molecule has 0 aliphatic heterocycles. The number of benzene rings is 3. The van der Waals surface area contributed by atoms with Gasteiger partial charge in [-0.05, 0) is 49.9 Å². The van der Waals surface area contributed by atoms with Gasteiger partial charge in [0.2, 0.25) is 11.6 Å². The Bertz CT molecular complexity index is 1570. The molecule has 1 heterocycles. The van der Waals surface area contributed by atoms with Gasteiger partial charge in [0.15, 0.2) is 0 Å². The van der Waals surface area contributed by atoms with Gasteiger partial charge in [-0.1, -0.05) is 80.1 Å². The standard InChI is InChI=1S/C33H32N2O4/c1-5-6-15-27-34-28-29(31(37)25-13-9-8-12-24(25)30(28)36)35(27)20-21-16-18-22(19-17-21)23-11-7-10-14-26(23)32(38)39-33(2,3)4/h7-14,16-19H,5-6,15,20H2,1-4H3. The van der Waals surface area contributed by atoms with Gasteiger partial charge in [-0.25, -0.2) is 9.78 Å². The molecule has 0 atom stereocenters. The number of carbonyl (C=O) groups excluding carboxylic acids is 3. The highest BCUT2D eigenvalue weighted by Gasteiger charge is 2.35. The Morgan fingerprint density at radius 2 is 1.46 bits per heavy atom. The lowest BCUT2D eigenvalue weighted by Gasteiger charge is -2.20.